The third kappa shape index (κ3) is 6.01. The molecule has 0 aliphatic carbocycles. The molecule has 0 aliphatic rings. The highest BCUT2D eigenvalue weighted by Gasteiger charge is 2.67. The Hall–Kier alpha value is -5.24. The monoisotopic (exact) mass is 552 g/mol. The molecule has 0 saturated carbocycles. The van der Waals surface area contributed by atoms with E-state index in [0.29, 0.717) is 22.3 Å². The molecule has 0 atom stereocenters. The van der Waals surface area contributed by atoms with Gasteiger partial charge in [0.25, 0.3) is 0 Å². The number of aryl methyl sites for hydroxylation is 4. The summed E-state index contributed by atoms with van der Waals surface area (Å²) in [5.74, 6) is -6.05. The van der Waals surface area contributed by atoms with Crippen molar-refractivity contribution in [3.63, 3.8) is 0 Å². The zero-order valence-electron chi connectivity index (χ0n) is 23.0. The number of hydrogen-bond acceptors (Lipinski definition) is 8. The van der Waals surface area contributed by atoms with E-state index >= 15 is 0 Å². The van der Waals surface area contributed by atoms with Gasteiger partial charge in [-0.3, -0.25) is 0 Å². The summed E-state index contributed by atoms with van der Waals surface area (Å²) < 4.78 is 22.1. The van der Waals surface area contributed by atoms with E-state index in [1.807, 2.05) is 0 Å². The Labute approximate surface area is 237 Å². The molecule has 0 aromatic heterocycles. The van der Waals surface area contributed by atoms with Crippen LogP contribution >= 0.6 is 0 Å². The molecule has 0 heterocycles. The summed E-state index contributed by atoms with van der Waals surface area (Å²) in [6, 6.07) is 25.7. The van der Waals surface area contributed by atoms with Crippen LogP contribution in [0.4, 0.5) is 0 Å². The lowest BCUT2D eigenvalue weighted by Gasteiger charge is -2.26. The van der Waals surface area contributed by atoms with Crippen molar-refractivity contribution in [1.82, 2.24) is 0 Å². The maximum absolute atomic E-state index is 14.0. The fourth-order valence-electron chi connectivity index (χ4n) is 3.89. The van der Waals surface area contributed by atoms with Gasteiger partial charge in [0.2, 0.25) is 0 Å². The molecule has 4 rings (SSSR count). The van der Waals surface area contributed by atoms with E-state index in [0.717, 1.165) is 0 Å². The van der Waals surface area contributed by atoms with Gasteiger partial charge in [-0.2, -0.15) is 0 Å². The third-order valence-corrected chi connectivity index (χ3v) is 6.41. The van der Waals surface area contributed by atoms with Crippen LogP contribution in [0.5, 0.6) is 23.0 Å². The normalized spacial score (nSPS) is 10.8. The van der Waals surface area contributed by atoms with Crippen LogP contribution in [-0.2, 0) is 19.2 Å². The molecule has 41 heavy (non-hydrogen) atoms. The van der Waals surface area contributed by atoms with E-state index in [-0.39, 0.29) is 23.0 Å². The quantitative estimate of drug-likeness (QED) is 0.157. The van der Waals surface area contributed by atoms with Crippen LogP contribution in [-0.4, -0.2) is 23.9 Å². The van der Waals surface area contributed by atoms with Crippen LogP contribution in [0.25, 0.3) is 0 Å². The van der Waals surface area contributed by atoms with Crippen LogP contribution < -0.4 is 18.9 Å². The fraction of sp³-hybridized carbons (Fsp3) is 0.152. The second-order valence-electron chi connectivity index (χ2n) is 9.37. The average Bonchev–Trinajstić information content (AvgIpc) is 2.94. The zero-order chi connectivity index (χ0) is 29.6. The van der Waals surface area contributed by atoms with Gasteiger partial charge in [0.15, 0.2) is 0 Å². The number of carbonyl (C=O) groups is 4. The molecule has 0 amide bonds. The van der Waals surface area contributed by atoms with E-state index in [4.69, 9.17) is 18.9 Å². The number of ether oxygens (including phenoxy) is 4. The fourth-order valence-corrected chi connectivity index (χ4v) is 3.89. The third-order valence-electron chi connectivity index (χ3n) is 6.41. The molecular formula is C33H28O8. The number of benzene rings is 4. The molecule has 208 valence electrons. The number of rotatable bonds is 8. The number of hydrogen-bond donors (Lipinski definition) is 0. The highest BCUT2D eigenvalue weighted by Crippen LogP contribution is 2.33. The van der Waals surface area contributed by atoms with Gasteiger partial charge in [-0.1, -0.05) is 72.8 Å². The van der Waals surface area contributed by atoms with Crippen molar-refractivity contribution in [2.45, 2.75) is 27.7 Å². The van der Waals surface area contributed by atoms with Crippen LogP contribution in [0.2, 0.25) is 0 Å². The zero-order valence-corrected chi connectivity index (χ0v) is 23.0. The first kappa shape index (κ1) is 28.8. The molecule has 8 nitrogen and oxygen atoms in total. The Bertz CT molecular complexity index is 1380. The van der Waals surface area contributed by atoms with Crippen molar-refractivity contribution in [2.24, 2.45) is 5.41 Å². The van der Waals surface area contributed by atoms with Crippen molar-refractivity contribution in [3.05, 3.63) is 119 Å². The second-order valence-corrected chi connectivity index (χ2v) is 9.37. The number of para-hydroxylation sites is 4. The second kappa shape index (κ2) is 12.3. The predicted octanol–water partition coefficient (Wildman–Crippen LogP) is 5.63. The molecule has 0 spiro atoms. The first-order valence-corrected chi connectivity index (χ1v) is 12.8. The maximum atomic E-state index is 14.0. The van der Waals surface area contributed by atoms with E-state index in [1.165, 1.54) is 24.3 Å². The summed E-state index contributed by atoms with van der Waals surface area (Å²) in [4.78, 5) is 56.0. The molecule has 4 aromatic carbocycles. The lowest BCUT2D eigenvalue weighted by molar-refractivity contribution is -0.179. The minimum atomic E-state index is -3.32. The van der Waals surface area contributed by atoms with Crippen molar-refractivity contribution >= 4 is 23.9 Å². The van der Waals surface area contributed by atoms with Gasteiger partial charge >= 0.3 is 29.3 Å². The Morgan fingerprint density at radius 2 is 0.585 bits per heavy atom. The first-order chi connectivity index (χ1) is 19.6. The Kier molecular flexibility index (Phi) is 8.63. The average molecular weight is 553 g/mol. The van der Waals surface area contributed by atoms with E-state index in [2.05, 4.69) is 0 Å². The summed E-state index contributed by atoms with van der Waals surface area (Å²) in [5, 5.41) is 0. The molecule has 0 saturated heterocycles. The van der Waals surface area contributed by atoms with Crippen molar-refractivity contribution < 1.29 is 38.1 Å². The Balaban J connectivity index is 1.89. The van der Waals surface area contributed by atoms with Gasteiger partial charge in [-0.15, -0.1) is 0 Å². The van der Waals surface area contributed by atoms with E-state index < -0.39 is 29.3 Å². The summed E-state index contributed by atoms with van der Waals surface area (Å²) in [6.07, 6.45) is 0. The molecular weight excluding hydrogens is 524 g/mol. The topological polar surface area (TPSA) is 105 Å². The van der Waals surface area contributed by atoms with Gasteiger partial charge in [-0.25, -0.2) is 19.2 Å². The minimum absolute atomic E-state index is 0.0259. The molecule has 4 aromatic rings. The molecule has 0 N–H and O–H groups in total. The van der Waals surface area contributed by atoms with Crippen LogP contribution in [0.1, 0.15) is 22.3 Å². The van der Waals surface area contributed by atoms with Crippen molar-refractivity contribution in [2.75, 3.05) is 0 Å². The van der Waals surface area contributed by atoms with Crippen molar-refractivity contribution in [1.29, 1.82) is 0 Å². The molecule has 0 bridgehead atoms. The van der Waals surface area contributed by atoms with Crippen LogP contribution in [0, 0.1) is 33.1 Å². The smallest absolute Gasteiger partial charge is 0.357 e. The lowest BCUT2D eigenvalue weighted by Crippen LogP contribution is -2.59. The van der Waals surface area contributed by atoms with Crippen LogP contribution in [0.15, 0.2) is 97.1 Å². The molecule has 0 aliphatic heterocycles. The van der Waals surface area contributed by atoms with Gasteiger partial charge < -0.3 is 18.9 Å². The summed E-state index contributed by atoms with van der Waals surface area (Å²) in [7, 11) is 0. The van der Waals surface area contributed by atoms with Crippen LogP contribution in [0.3, 0.4) is 0 Å². The summed E-state index contributed by atoms with van der Waals surface area (Å²) in [6.45, 7) is 6.64. The molecule has 0 fully saturated rings. The maximum Gasteiger partial charge on any atom is 0.357 e. The largest absolute Gasteiger partial charge is 0.425 e. The SMILES string of the molecule is Cc1ccccc1OC(=O)C(C(=O)Oc1ccccc1C)(C(=O)Oc1ccccc1C)C(=O)Oc1ccccc1C. The lowest BCUT2D eigenvalue weighted by atomic mass is 9.87. The number of carbonyl (C=O) groups excluding carboxylic acids is 4. The summed E-state index contributed by atoms with van der Waals surface area (Å²) >= 11 is 0. The predicted molar refractivity (Wildman–Crippen MR) is 150 cm³/mol. The van der Waals surface area contributed by atoms with E-state index in [1.54, 1.807) is 100 Å². The molecule has 0 unspecified atom stereocenters. The standard InChI is InChI=1S/C33H28O8/c1-21-13-5-9-17-25(21)38-29(34)33(30(35)39-26-18-10-6-14-22(26)2,31(36)40-27-19-11-7-15-23(27)3)32(37)41-28-20-12-8-16-24(28)4/h5-20H,1-4H3. The molecule has 8 heteroatoms. The highest BCUT2D eigenvalue weighted by atomic mass is 16.6. The van der Waals surface area contributed by atoms with E-state index in [9.17, 15) is 19.2 Å². The first-order valence-electron chi connectivity index (χ1n) is 12.8. The van der Waals surface area contributed by atoms with Gasteiger partial charge in [0, 0.05) is 0 Å². The molecule has 0 radical (unpaired) electrons. The Morgan fingerprint density at radius 1 is 0.390 bits per heavy atom. The Morgan fingerprint density at radius 3 is 0.780 bits per heavy atom. The minimum Gasteiger partial charge on any atom is -0.425 e. The summed E-state index contributed by atoms with van der Waals surface area (Å²) in [5.41, 5.74) is -1.26. The highest BCUT2D eigenvalue weighted by molar-refractivity contribution is 6.34. The van der Waals surface area contributed by atoms with Gasteiger partial charge in [0.05, 0.1) is 0 Å². The van der Waals surface area contributed by atoms with Gasteiger partial charge in [0.1, 0.15) is 23.0 Å². The van der Waals surface area contributed by atoms with Crippen molar-refractivity contribution in [3.8, 4) is 23.0 Å². The van der Waals surface area contributed by atoms with Gasteiger partial charge in [-0.05, 0) is 74.2 Å². The number of esters is 4.